The molecule has 2 heterocycles. The zero-order chi connectivity index (χ0) is 20.1. The van der Waals surface area contributed by atoms with Gasteiger partial charge in [-0.1, -0.05) is 31.7 Å². The Balaban J connectivity index is 1.20. The molecular weight excluding hydrogens is 390 g/mol. The molecule has 2 aromatic rings. The average Bonchev–Trinajstić information content (AvgIpc) is 3.46. The maximum absolute atomic E-state index is 12.2. The van der Waals surface area contributed by atoms with Crippen LogP contribution in [0.3, 0.4) is 0 Å². The molecular formula is C21H25N3O4S. The van der Waals surface area contributed by atoms with Crippen LogP contribution >= 0.6 is 11.3 Å². The van der Waals surface area contributed by atoms with Crippen LogP contribution in [0.15, 0.2) is 23.6 Å². The lowest BCUT2D eigenvalue weighted by molar-refractivity contribution is -0.120. The lowest BCUT2D eigenvalue weighted by atomic mass is 10.0. The van der Waals surface area contributed by atoms with Gasteiger partial charge in [-0.3, -0.25) is 9.59 Å². The predicted octanol–water partition coefficient (Wildman–Crippen LogP) is 3.64. The summed E-state index contributed by atoms with van der Waals surface area (Å²) >= 11 is 1.35. The van der Waals surface area contributed by atoms with E-state index in [0.717, 1.165) is 17.7 Å². The van der Waals surface area contributed by atoms with Gasteiger partial charge in [-0.15, -0.1) is 11.3 Å². The van der Waals surface area contributed by atoms with Crippen molar-refractivity contribution in [3.05, 3.63) is 34.8 Å². The second-order valence-electron chi connectivity index (χ2n) is 7.52. The topological polar surface area (TPSA) is 89.6 Å². The minimum absolute atomic E-state index is 0.00468. The van der Waals surface area contributed by atoms with Crippen LogP contribution in [-0.2, 0) is 22.6 Å². The summed E-state index contributed by atoms with van der Waals surface area (Å²) in [6, 6.07) is 5.60. The van der Waals surface area contributed by atoms with Crippen molar-refractivity contribution in [1.29, 1.82) is 0 Å². The first-order valence-electron chi connectivity index (χ1n) is 10.1. The Morgan fingerprint density at radius 3 is 2.83 bits per heavy atom. The average molecular weight is 416 g/mol. The maximum Gasteiger partial charge on any atom is 0.231 e. The van der Waals surface area contributed by atoms with Crippen molar-refractivity contribution in [3.8, 4) is 11.5 Å². The first kappa shape index (κ1) is 19.7. The molecule has 1 fully saturated rings. The van der Waals surface area contributed by atoms with Crippen LogP contribution in [0, 0.1) is 5.92 Å². The van der Waals surface area contributed by atoms with E-state index >= 15 is 0 Å². The second kappa shape index (κ2) is 9.26. The summed E-state index contributed by atoms with van der Waals surface area (Å²) in [7, 11) is 0. The van der Waals surface area contributed by atoms with Crippen molar-refractivity contribution in [2.45, 2.75) is 51.5 Å². The standard InChI is InChI=1S/C21H25N3O4S/c25-19(8-6-14-3-1-2-4-14)24-21-23-16(12-29-21)10-20(26)22-11-15-5-7-17-18(9-15)28-13-27-17/h5,7,9,12,14H,1-4,6,8,10-11,13H2,(H,22,26)(H,23,24,25). The zero-order valence-corrected chi connectivity index (χ0v) is 17.1. The highest BCUT2D eigenvalue weighted by molar-refractivity contribution is 7.13. The zero-order valence-electron chi connectivity index (χ0n) is 16.2. The maximum atomic E-state index is 12.2. The molecule has 1 aliphatic heterocycles. The number of fused-ring (bicyclic) bond motifs is 1. The van der Waals surface area contributed by atoms with E-state index in [1.165, 1.54) is 37.0 Å². The monoisotopic (exact) mass is 415 g/mol. The number of carbonyl (C=O) groups excluding carboxylic acids is 2. The van der Waals surface area contributed by atoms with Crippen molar-refractivity contribution < 1.29 is 19.1 Å². The summed E-state index contributed by atoms with van der Waals surface area (Å²) in [5.74, 6) is 2.00. The largest absolute Gasteiger partial charge is 0.454 e. The fourth-order valence-electron chi connectivity index (χ4n) is 3.74. The number of anilines is 1. The van der Waals surface area contributed by atoms with Crippen molar-refractivity contribution in [3.63, 3.8) is 0 Å². The highest BCUT2D eigenvalue weighted by Crippen LogP contribution is 2.32. The molecule has 0 radical (unpaired) electrons. The molecule has 0 spiro atoms. The van der Waals surface area contributed by atoms with Gasteiger partial charge in [-0.25, -0.2) is 4.98 Å². The third-order valence-electron chi connectivity index (χ3n) is 5.32. The van der Waals surface area contributed by atoms with Gasteiger partial charge in [0.05, 0.1) is 12.1 Å². The first-order valence-corrected chi connectivity index (χ1v) is 10.9. The predicted molar refractivity (Wildman–Crippen MR) is 110 cm³/mol. The molecule has 1 aromatic carbocycles. The van der Waals surface area contributed by atoms with Gasteiger partial charge < -0.3 is 20.1 Å². The van der Waals surface area contributed by atoms with Gasteiger partial charge in [0.2, 0.25) is 18.6 Å². The molecule has 0 unspecified atom stereocenters. The minimum Gasteiger partial charge on any atom is -0.454 e. The lowest BCUT2D eigenvalue weighted by Gasteiger charge is -2.07. The van der Waals surface area contributed by atoms with Crippen LogP contribution < -0.4 is 20.1 Å². The van der Waals surface area contributed by atoms with E-state index in [2.05, 4.69) is 15.6 Å². The number of ether oxygens (including phenoxy) is 2. The Hall–Kier alpha value is -2.61. The molecule has 1 saturated carbocycles. The number of aromatic nitrogens is 1. The van der Waals surface area contributed by atoms with Crippen molar-refractivity contribution >= 4 is 28.3 Å². The molecule has 4 rings (SSSR count). The molecule has 1 aliphatic carbocycles. The van der Waals surface area contributed by atoms with Crippen LogP contribution in [0.25, 0.3) is 0 Å². The summed E-state index contributed by atoms with van der Waals surface area (Å²) in [6.07, 6.45) is 6.74. The summed E-state index contributed by atoms with van der Waals surface area (Å²) in [4.78, 5) is 28.7. The van der Waals surface area contributed by atoms with Crippen LogP contribution in [0.2, 0.25) is 0 Å². The number of hydrogen-bond acceptors (Lipinski definition) is 6. The Morgan fingerprint density at radius 1 is 1.14 bits per heavy atom. The van der Waals surface area contributed by atoms with Crippen molar-refractivity contribution in [2.75, 3.05) is 12.1 Å². The first-order chi connectivity index (χ1) is 14.2. The normalized spacial score (nSPS) is 15.4. The van der Waals surface area contributed by atoms with E-state index in [4.69, 9.17) is 9.47 Å². The smallest absolute Gasteiger partial charge is 0.231 e. The molecule has 8 heteroatoms. The Kier molecular flexibility index (Phi) is 6.29. The summed E-state index contributed by atoms with van der Waals surface area (Å²) < 4.78 is 10.6. The second-order valence-corrected chi connectivity index (χ2v) is 8.38. The Bertz CT molecular complexity index is 877. The van der Waals surface area contributed by atoms with Gasteiger partial charge in [0, 0.05) is 18.3 Å². The number of hydrogen-bond donors (Lipinski definition) is 2. The molecule has 7 nitrogen and oxygen atoms in total. The molecule has 2 aliphatic rings. The SMILES string of the molecule is O=C(Cc1csc(NC(=O)CCC2CCCC2)n1)NCc1ccc2c(c1)OCO2. The van der Waals surface area contributed by atoms with Gasteiger partial charge in [0.1, 0.15) is 0 Å². The van der Waals surface area contributed by atoms with E-state index in [0.29, 0.717) is 35.5 Å². The van der Waals surface area contributed by atoms with E-state index in [1.54, 1.807) is 0 Å². The fourth-order valence-corrected chi connectivity index (χ4v) is 4.47. The van der Waals surface area contributed by atoms with E-state index in [1.807, 2.05) is 23.6 Å². The minimum atomic E-state index is -0.118. The third kappa shape index (κ3) is 5.47. The van der Waals surface area contributed by atoms with Crippen molar-refractivity contribution in [2.24, 2.45) is 5.92 Å². The van der Waals surface area contributed by atoms with E-state index < -0.39 is 0 Å². The quantitative estimate of drug-likeness (QED) is 0.687. The van der Waals surface area contributed by atoms with Gasteiger partial charge in [0.25, 0.3) is 0 Å². The van der Waals surface area contributed by atoms with Gasteiger partial charge in [-0.2, -0.15) is 0 Å². The van der Waals surface area contributed by atoms with Crippen molar-refractivity contribution in [1.82, 2.24) is 10.3 Å². The molecule has 2 N–H and O–H groups in total. The summed E-state index contributed by atoms with van der Waals surface area (Å²) in [6.45, 7) is 0.638. The van der Waals surface area contributed by atoms with Gasteiger partial charge in [0.15, 0.2) is 16.6 Å². The number of amides is 2. The number of thiazole rings is 1. The number of nitrogens with one attached hydrogen (secondary N) is 2. The highest BCUT2D eigenvalue weighted by Gasteiger charge is 2.17. The van der Waals surface area contributed by atoms with E-state index in [-0.39, 0.29) is 25.0 Å². The number of carbonyl (C=O) groups is 2. The third-order valence-corrected chi connectivity index (χ3v) is 6.13. The van der Waals surface area contributed by atoms with Crippen LogP contribution in [0.1, 0.15) is 49.8 Å². The summed E-state index contributed by atoms with van der Waals surface area (Å²) in [5, 5.41) is 8.10. The molecule has 154 valence electrons. The number of benzene rings is 1. The van der Waals surface area contributed by atoms with Crippen LogP contribution in [-0.4, -0.2) is 23.6 Å². The summed E-state index contributed by atoms with van der Waals surface area (Å²) in [5.41, 5.74) is 1.60. The lowest BCUT2D eigenvalue weighted by Crippen LogP contribution is -2.24. The molecule has 29 heavy (non-hydrogen) atoms. The molecule has 0 saturated heterocycles. The number of nitrogens with zero attached hydrogens (tertiary/aromatic N) is 1. The van der Waals surface area contributed by atoms with Crippen LogP contribution in [0.4, 0.5) is 5.13 Å². The molecule has 0 atom stereocenters. The number of rotatable bonds is 8. The van der Waals surface area contributed by atoms with Crippen LogP contribution in [0.5, 0.6) is 11.5 Å². The molecule has 2 amide bonds. The van der Waals surface area contributed by atoms with Gasteiger partial charge in [-0.05, 0) is 30.0 Å². The van der Waals surface area contributed by atoms with Gasteiger partial charge >= 0.3 is 0 Å². The molecule has 0 bridgehead atoms. The Morgan fingerprint density at radius 2 is 1.97 bits per heavy atom. The Labute approximate surface area is 173 Å². The highest BCUT2D eigenvalue weighted by atomic mass is 32.1. The van der Waals surface area contributed by atoms with E-state index in [9.17, 15) is 9.59 Å². The molecule has 1 aromatic heterocycles. The fraction of sp³-hybridized carbons (Fsp3) is 0.476.